The molecule has 0 saturated heterocycles. The predicted octanol–water partition coefficient (Wildman–Crippen LogP) is 2.05. The van der Waals surface area contributed by atoms with Crippen LogP contribution in [0.5, 0.6) is 0 Å². The zero-order valence-corrected chi connectivity index (χ0v) is 15.9. The first-order chi connectivity index (χ1) is 12.1. The minimum atomic E-state index is -4.01. The Kier molecular flexibility index (Phi) is 6.17. The second kappa shape index (κ2) is 7.83. The third-order valence-corrected chi connectivity index (χ3v) is 7.02. The van der Waals surface area contributed by atoms with E-state index in [0.717, 1.165) is 30.3 Å². The van der Waals surface area contributed by atoms with Crippen LogP contribution >= 0.6 is 0 Å². The average Bonchev–Trinajstić information content (AvgIpc) is 2.59. The Morgan fingerprint density at radius 2 is 1.58 bits per heavy atom. The van der Waals surface area contributed by atoms with Gasteiger partial charge in [-0.1, -0.05) is 19.9 Å². The van der Waals surface area contributed by atoms with Gasteiger partial charge >= 0.3 is 0 Å². The maximum absolute atomic E-state index is 13.1. The summed E-state index contributed by atoms with van der Waals surface area (Å²) in [6, 6.07) is 8.17. The number of nitrogens with one attached hydrogen (secondary N) is 1. The number of rotatable bonds is 7. The molecule has 0 spiro atoms. The smallest absolute Gasteiger partial charge is 0.240 e. The second-order valence-electron chi connectivity index (χ2n) is 5.93. The van der Waals surface area contributed by atoms with Crippen LogP contribution < -0.4 is 4.72 Å². The van der Waals surface area contributed by atoms with Crippen LogP contribution in [0, 0.1) is 5.82 Å². The van der Waals surface area contributed by atoms with E-state index in [0.29, 0.717) is 5.56 Å². The first-order valence-corrected chi connectivity index (χ1v) is 10.8. The Morgan fingerprint density at radius 3 is 2.12 bits per heavy atom. The van der Waals surface area contributed by atoms with Crippen LogP contribution in [-0.4, -0.2) is 35.1 Å². The van der Waals surface area contributed by atoms with Crippen molar-refractivity contribution in [2.75, 3.05) is 13.2 Å². The highest BCUT2D eigenvalue weighted by molar-refractivity contribution is 7.91. The van der Waals surface area contributed by atoms with E-state index >= 15 is 0 Å². The van der Waals surface area contributed by atoms with E-state index in [9.17, 15) is 21.2 Å². The first-order valence-electron chi connectivity index (χ1n) is 7.84. The fourth-order valence-electron chi connectivity index (χ4n) is 2.40. The maximum atomic E-state index is 13.1. The molecule has 2 N–H and O–H groups in total. The molecule has 0 unspecified atom stereocenters. The van der Waals surface area contributed by atoms with Gasteiger partial charge in [-0.25, -0.2) is 25.9 Å². The fourth-order valence-corrected chi connectivity index (χ4v) is 5.17. The molecule has 0 aliphatic heterocycles. The fraction of sp³-hybridized carbons (Fsp3) is 0.294. The van der Waals surface area contributed by atoms with Crippen LogP contribution in [0.25, 0.3) is 0 Å². The maximum Gasteiger partial charge on any atom is 0.240 e. The third-order valence-electron chi connectivity index (χ3n) is 3.73. The van der Waals surface area contributed by atoms with Crippen molar-refractivity contribution in [2.45, 2.75) is 34.5 Å². The quantitative estimate of drug-likeness (QED) is 0.692. The Labute approximate surface area is 152 Å². The summed E-state index contributed by atoms with van der Waals surface area (Å²) in [6.07, 6.45) is 0. The van der Waals surface area contributed by atoms with Crippen molar-refractivity contribution in [3.05, 3.63) is 53.8 Å². The van der Waals surface area contributed by atoms with Crippen LogP contribution in [0.15, 0.2) is 57.2 Å². The van der Waals surface area contributed by atoms with Gasteiger partial charge in [0.2, 0.25) is 19.9 Å². The SMILES string of the molecule is CC(C)c1ccc(S(=O)(=O)c2ccc(F)cc2)cc1S(=O)(=O)NCCO. The molecule has 0 fully saturated rings. The Hall–Kier alpha value is -1.81. The lowest BCUT2D eigenvalue weighted by Crippen LogP contribution is -2.28. The van der Waals surface area contributed by atoms with Gasteiger partial charge in [0.25, 0.3) is 0 Å². The summed E-state index contributed by atoms with van der Waals surface area (Å²) >= 11 is 0. The van der Waals surface area contributed by atoms with Gasteiger partial charge in [0.1, 0.15) is 5.82 Å². The Bertz CT molecular complexity index is 984. The largest absolute Gasteiger partial charge is 0.395 e. The zero-order chi connectivity index (χ0) is 19.5. The van der Waals surface area contributed by atoms with Crippen LogP contribution in [0.4, 0.5) is 4.39 Å². The van der Waals surface area contributed by atoms with Crippen molar-refractivity contribution in [1.82, 2.24) is 4.72 Å². The molecule has 0 amide bonds. The number of halogens is 1. The molecular formula is C17H20FNO5S2. The summed E-state index contributed by atoms with van der Waals surface area (Å²) in [5, 5.41) is 8.86. The molecule has 9 heteroatoms. The molecular weight excluding hydrogens is 381 g/mol. The highest BCUT2D eigenvalue weighted by Gasteiger charge is 2.25. The number of hydrogen-bond donors (Lipinski definition) is 2. The van der Waals surface area contributed by atoms with Crippen molar-refractivity contribution in [2.24, 2.45) is 0 Å². The van der Waals surface area contributed by atoms with Crippen LogP contribution in [0.3, 0.4) is 0 Å². The molecule has 26 heavy (non-hydrogen) atoms. The van der Waals surface area contributed by atoms with Crippen molar-refractivity contribution < 1.29 is 26.3 Å². The summed E-state index contributed by atoms with van der Waals surface area (Å²) in [5.74, 6) is -0.742. The molecule has 0 atom stereocenters. The molecule has 2 rings (SSSR count). The number of hydrogen-bond acceptors (Lipinski definition) is 5. The van der Waals surface area contributed by atoms with Gasteiger partial charge in [0.05, 0.1) is 21.3 Å². The van der Waals surface area contributed by atoms with Gasteiger partial charge in [-0.3, -0.25) is 0 Å². The molecule has 0 aromatic heterocycles. The number of aliphatic hydroxyl groups is 1. The van der Waals surface area contributed by atoms with E-state index in [1.54, 1.807) is 13.8 Å². The molecule has 0 heterocycles. The monoisotopic (exact) mass is 401 g/mol. The van der Waals surface area contributed by atoms with Crippen LogP contribution in [0.2, 0.25) is 0 Å². The van der Waals surface area contributed by atoms with Gasteiger partial charge in [0, 0.05) is 6.54 Å². The van der Waals surface area contributed by atoms with E-state index in [-0.39, 0.29) is 33.8 Å². The molecule has 0 aliphatic carbocycles. The minimum absolute atomic E-state index is 0.136. The summed E-state index contributed by atoms with van der Waals surface area (Å²) in [4.78, 5) is -0.509. The Balaban J connectivity index is 2.62. The van der Waals surface area contributed by atoms with Crippen molar-refractivity contribution in [3.8, 4) is 0 Å². The van der Waals surface area contributed by atoms with Crippen molar-refractivity contribution in [3.63, 3.8) is 0 Å². The summed E-state index contributed by atoms with van der Waals surface area (Å²) in [6.45, 7) is 3.00. The molecule has 6 nitrogen and oxygen atoms in total. The van der Waals surface area contributed by atoms with E-state index in [1.165, 1.54) is 12.1 Å². The van der Waals surface area contributed by atoms with Gasteiger partial charge in [-0.15, -0.1) is 0 Å². The lowest BCUT2D eigenvalue weighted by Gasteiger charge is -2.15. The highest BCUT2D eigenvalue weighted by atomic mass is 32.2. The van der Waals surface area contributed by atoms with E-state index < -0.39 is 25.7 Å². The molecule has 0 saturated carbocycles. The predicted molar refractivity (Wildman–Crippen MR) is 94.7 cm³/mol. The van der Waals surface area contributed by atoms with Gasteiger partial charge in [-0.05, 0) is 47.9 Å². The zero-order valence-electron chi connectivity index (χ0n) is 14.3. The average molecular weight is 401 g/mol. The molecule has 2 aromatic carbocycles. The summed E-state index contributed by atoms with van der Waals surface area (Å²) < 4.78 is 65.8. The third kappa shape index (κ3) is 4.29. The number of sulfonamides is 1. The van der Waals surface area contributed by atoms with Gasteiger partial charge < -0.3 is 5.11 Å². The summed E-state index contributed by atoms with van der Waals surface area (Å²) in [5.41, 5.74) is 0.452. The highest BCUT2D eigenvalue weighted by Crippen LogP contribution is 2.29. The topological polar surface area (TPSA) is 101 Å². The standard InChI is InChI=1S/C17H20FNO5S2/c1-12(2)16-8-7-15(11-17(16)26(23,24)19-9-10-20)25(21,22)14-5-3-13(18)4-6-14/h3-8,11-12,19-20H,9-10H2,1-2H3. The number of benzene rings is 2. The second-order valence-corrected chi connectivity index (χ2v) is 9.62. The van der Waals surface area contributed by atoms with E-state index in [2.05, 4.69) is 4.72 Å². The normalized spacial score (nSPS) is 12.5. The van der Waals surface area contributed by atoms with E-state index in [4.69, 9.17) is 5.11 Å². The molecule has 142 valence electrons. The first kappa shape index (κ1) is 20.5. The minimum Gasteiger partial charge on any atom is -0.395 e. The lowest BCUT2D eigenvalue weighted by atomic mass is 10.0. The lowest BCUT2D eigenvalue weighted by molar-refractivity contribution is 0.301. The molecule has 0 bridgehead atoms. The van der Waals surface area contributed by atoms with Crippen LogP contribution in [0.1, 0.15) is 25.3 Å². The van der Waals surface area contributed by atoms with Crippen LogP contribution in [-0.2, 0) is 19.9 Å². The molecule has 0 radical (unpaired) electrons. The van der Waals surface area contributed by atoms with Gasteiger partial charge in [0.15, 0.2) is 0 Å². The van der Waals surface area contributed by atoms with Crippen molar-refractivity contribution >= 4 is 19.9 Å². The number of sulfone groups is 1. The van der Waals surface area contributed by atoms with Gasteiger partial charge in [-0.2, -0.15) is 0 Å². The number of aliphatic hydroxyl groups excluding tert-OH is 1. The molecule has 0 aliphatic rings. The summed E-state index contributed by atoms with van der Waals surface area (Å²) in [7, 11) is -8.01. The Morgan fingerprint density at radius 1 is 1.00 bits per heavy atom. The van der Waals surface area contributed by atoms with E-state index in [1.807, 2.05) is 0 Å². The molecule has 2 aromatic rings. The van der Waals surface area contributed by atoms with Crippen molar-refractivity contribution in [1.29, 1.82) is 0 Å².